The second-order valence-corrected chi connectivity index (χ2v) is 7.00. The van der Waals surface area contributed by atoms with Gasteiger partial charge in [0, 0.05) is 30.1 Å². The highest BCUT2D eigenvalue weighted by molar-refractivity contribution is 7.18. The normalized spacial score (nSPS) is 10.6. The summed E-state index contributed by atoms with van der Waals surface area (Å²) in [4.78, 5) is 16.5. The predicted octanol–water partition coefficient (Wildman–Crippen LogP) is 3.71. The number of nitrogens with zero attached hydrogens (tertiary/aromatic N) is 4. The van der Waals surface area contributed by atoms with Gasteiger partial charge >= 0.3 is 0 Å². The van der Waals surface area contributed by atoms with Crippen molar-refractivity contribution < 1.29 is 9.53 Å². The van der Waals surface area contributed by atoms with Crippen molar-refractivity contribution in [2.24, 2.45) is 0 Å². The third-order valence-corrected chi connectivity index (χ3v) is 5.01. The van der Waals surface area contributed by atoms with Gasteiger partial charge in [0.1, 0.15) is 10.8 Å². The Morgan fingerprint density at radius 3 is 2.57 bits per heavy atom. The Hall–Kier alpha value is -3.52. The van der Waals surface area contributed by atoms with Crippen LogP contribution in [0.2, 0.25) is 0 Å². The van der Waals surface area contributed by atoms with Crippen molar-refractivity contribution in [3.05, 3.63) is 78.4 Å². The maximum Gasteiger partial charge on any atom is 0.257 e. The first kappa shape index (κ1) is 17.9. The number of imidazole rings is 1. The molecule has 0 aliphatic rings. The van der Waals surface area contributed by atoms with E-state index in [4.69, 9.17) is 4.74 Å². The van der Waals surface area contributed by atoms with E-state index in [0.717, 1.165) is 21.9 Å². The number of amides is 1. The van der Waals surface area contributed by atoms with Crippen LogP contribution in [0.15, 0.2) is 67.3 Å². The average Bonchev–Trinajstić information content (AvgIpc) is 3.41. The second-order valence-electron chi connectivity index (χ2n) is 6.03. The van der Waals surface area contributed by atoms with Gasteiger partial charge in [-0.3, -0.25) is 10.1 Å². The van der Waals surface area contributed by atoms with Crippen LogP contribution in [-0.4, -0.2) is 32.8 Å². The largest absolute Gasteiger partial charge is 0.497 e. The van der Waals surface area contributed by atoms with Gasteiger partial charge in [-0.25, -0.2) is 4.98 Å². The zero-order chi connectivity index (χ0) is 19.3. The lowest BCUT2D eigenvalue weighted by molar-refractivity contribution is 0.102. The predicted molar refractivity (Wildman–Crippen MR) is 108 cm³/mol. The topological polar surface area (TPSA) is 81.9 Å². The number of hydrogen-bond acceptors (Lipinski definition) is 6. The molecule has 0 bridgehead atoms. The minimum Gasteiger partial charge on any atom is -0.497 e. The summed E-state index contributed by atoms with van der Waals surface area (Å²) in [6.45, 7) is 0.712. The molecule has 2 aromatic carbocycles. The van der Waals surface area contributed by atoms with Crippen LogP contribution in [0.3, 0.4) is 0 Å². The maximum absolute atomic E-state index is 12.5. The summed E-state index contributed by atoms with van der Waals surface area (Å²) in [6, 6.07) is 15.0. The van der Waals surface area contributed by atoms with Gasteiger partial charge in [-0.2, -0.15) is 0 Å². The molecule has 140 valence electrons. The molecular weight excluding hydrogens is 374 g/mol. The molecule has 0 atom stereocenters. The molecule has 0 saturated heterocycles. The van der Waals surface area contributed by atoms with Crippen LogP contribution in [0.5, 0.6) is 5.75 Å². The molecule has 0 aliphatic carbocycles. The van der Waals surface area contributed by atoms with Gasteiger partial charge < -0.3 is 9.30 Å². The number of carbonyl (C=O) groups is 1. The summed E-state index contributed by atoms with van der Waals surface area (Å²) < 4.78 is 7.12. The standard InChI is InChI=1S/C20H17N5O2S/c1-27-17-8-6-16(7-9-17)19-23-24-20(28-19)22-18(26)15-4-2-14(3-5-15)12-25-11-10-21-13-25/h2-11,13H,12H2,1H3,(H,22,24,26). The van der Waals surface area contributed by atoms with Crippen molar-refractivity contribution in [3.8, 4) is 16.3 Å². The minimum atomic E-state index is -0.216. The first-order valence-electron chi connectivity index (χ1n) is 8.55. The van der Waals surface area contributed by atoms with E-state index in [9.17, 15) is 4.79 Å². The fraction of sp³-hybridized carbons (Fsp3) is 0.100. The maximum atomic E-state index is 12.5. The summed E-state index contributed by atoms with van der Waals surface area (Å²) in [5, 5.41) is 12.2. The van der Waals surface area contributed by atoms with Crippen LogP contribution in [0.4, 0.5) is 5.13 Å². The number of methoxy groups -OCH3 is 1. The van der Waals surface area contributed by atoms with Gasteiger partial charge in [0.25, 0.3) is 5.91 Å². The number of carbonyl (C=O) groups excluding carboxylic acids is 1. The molecule has 28 heavy (non-hydrogen) atoms. The number of nitrogens with one attached hydrogen (secondary N) is 1. The number of hydrogen-bond donors (Lipinski definition) is 1. The van der Waals surface area contributed by atoms with E-state index in [1.165, 1.54) is 11.3 Å². The number of benzene rings is 2. The van der Waals surface area contributed by atoms with Crippen LogP contribution in [0, 0.1) is 0 Å². The Morgan fingerprint density at radius 2 is 1.89 bits per heavy atom. The van der Waals surface area contributed by atoms with E-state index in [0.29, 0.717) is 17.2 Å². The lowest BCUT2D eigenvalue weighted by atomic mass is 10.1. The Morgan fingerprint density at radius 1 is 1.11 bits per heavy atom. The Kier molecular flexibility index (Phi) is 5.11. The van der Waals surface area contributed by atoms with Crippen molar-refractivity contribution in [1.82, 2.24) is 19.7 Å². The number of anilines is 1. The van der Waals surface area contributed by atoms with Gasteiger partial charge in [-0.1, -0.05) is 23.5 Å². The minimum absolute atomic E-state index is 0.216. The molecule has 0 radical (unpaired) electrons. The molecule has 1 amide bonds. The molecule has 2 heterocycles. The fourth-order valence-corrected chi connectivity index (χ4v) is 3.39. The molecule has 0 aliphatic heterocycles. The van der Waals surface area contributed by atoms with Gasteiger partial charge in [-0.15, -0.1) is 10.2 Å². The lowest BCUT2D eigenvalue weighted by Crippen LogP contribution is -2.11. The molecule has 8 heteroatoms. The van der Waals surface area contributed by atoms with Gasteiger partial charge in [0.2, 0.25) is 5.13 Å². The van der Waals surface area contributed by atoms with Gasteiger partial charge in [0.15, 0.2) is 0 Å². The van der Waals surface area contributed by atoms with E-state index < -0.39 is 0 Å². The van der Waals surface area contributed by atoms with Crippen molar-refractivity contribution >= 4 is 22.4 Å². The molecule has 0 saturated carbocycles. The van der Waals surface area contributed by atoms with E-state index in [1.54, 1.807) is 31.8 Å². The van der Waals surface area contributed by atoms with Crippen molar-refractivity contribution in [2.45, 2.75) is 6.54 Å². The highest BCUT2D eigenvalue weighted by atomic mass is 32.1. The van der Waals surface area contributed by atoms with Crippen LogP contribution in [0.25, 0.3) is 10.6 Å². The van der Waals surface area contributed by atoms with Crippen molar-refractivity contribution in [3.63, 3.8) is 0 Å². The Balaban J connectivity index is 1.41. The smallest absolute Gasteiger partial charge is 0.257 e. The Bertz CT molecular complexity index is 1060. The van der Waals surface area contributed by atoms with Crippen LogP contribution >= 0.6 is 11.3 Å². The molecule has 1 N–H and O–H groups in total. The molecule has 0 spiro atoms. The Labute approximate surface area is 165 Å². The second kappa shape index (κ2) is 8.01. The molecule has 4 rings (SSSR count). The summed E-state index contributed by atoms with van der Waals surface area (Å²) in [5.41, 5.74) is 2.57. The molecule has 0 fully saturated rings. The zero-order valence-electron chi connectivity index (χ0n) is 15.1. The molecule has 2 aromatic heterocycles. The molecule has 7 nitrogen and oxygen atoms in total. The van der Waals surface area contributed by atoms with Crippen molar-refractivity contribution in [1.29, 1.82) is 0 Å². The van der Waals surface area contributed by atoms with Gasteiger partial charge in [-0.05, 0) is 42.0 Å². The summed E-state index contributed by atoms with van der Waals surface area (Å²) in [5.74, 6) is 0.560. The number of ether oxygens (including phenoxy) is 1. The fourth-order valence-electron chi connectivity index (χ4n) is 2.65. The first-order chi connectivity index (χ1) is 13.7. The van der Waals surface area contributed by atoms with E-state index in [2.05, 4.69) is 20.5 Å². The summed E-state index contributed by atoms with van der Waals surface area (Å²) in [6.07, 6.45) is 5.40. The van der Waals surface area contributed by atoms with Gasteiger partial charge in [0.05, 0.1) is 13.4 Å². The van der Waals surface area contributed by atoms with E-state index in [-0.39, 0.29) is 5.91 Å². The number of rotatable bonds is 6. The molecule has 0 unspecified atom stereocenters. The van der Waals surface area contributed by atoms with Crippen LogP contribution < -0.4 is 10.1 Å². The molecular formula is C20H17N5O2S. The average molecular weight is 391 g/mol. The SMILES string of the molecule is COc1ccc(-c2nnc(NC(=O)c3ccc(Cn4ccnc4)cc3)s2)cc1. The van der Waals surface area contributed by atoms with Crippen LogP contribution in [-0.2, 0) is 6.54 Å². The van der Waals surface area contributed by atoms with E-state index >= 15 is 0 Å². The lowest BCUT2D eigenvalue weighted by Gasteiger charge is -2.05. The third kappa shape index (κ3) is 4.07. The van der Waals surface area contributed by atoms with Crippen LogP contribution in [0.1, 0.15) is 15.9 Å². The summed E-state index contributed by atoms with van der Waals surface area (Å²) >= 11 is 1.32. The zero-order valence-corrected chi connectivity index (χ0v) is 15.9. The summed E-state index contributed by atoms with van der Waals surface area (Å²) in [7, 11) is 1.62. The third-order valence-electron chi connectivity index (χ3n) is 4.12. The quantitative estimate of drug-likeness (QED) is 0.542. The monoisotopic (exact) mass is 391 g/mol. The molecule has 4 aromatic rings. The van der Waals surface area contributed by atoms with E-state index in [1.807, 2.05) is 47.2 Å². The highest BCUT2D eigenvalue weighted by Gasteiger charge is 2.11. The number of aromatic nitrogens is 4. The van der Waals surface area contributed by atoms with Crippen molar-refractivity contribution in [2.75, 3.05) is 12.4 Å². The highest BCUT2D eigenvalue weighted by Crippen LogP contribution is 2.28. The first-order valence-corrected chi connectivity index (χ1v) is 9.37.